The molecule has 0 radical (unpaired) electrons. The maximum absolute atomic E-state index is 12.7. The lowest BCUT2D eigenvalue weighted by Crippen LogP contribution is -2.59. The van der Waals surface area contributed by atoms with Crippen molar-refractivity contribution in [3.8, 4) is 0 Å². The van der Waals surface area contributed by atoms with Gasteiger partial charge in [0.25, 0.3) is 0 Å². The first-order valence-corrected chi connectivity index (χ1v) is 12.5. The number of piperazine rings is 1. The molecule has 1 saturated heterocycles. The summed E-state index contributed by atoms with van der Waals surface area (Å²) in [5, 5.41) is 5.80. The average Bonchev–Trinajstić information content (AvgIpc) is 3.26. The number of esters is 1. The van der Waals surface area contributed by atoms with Crippen molar-refractivity contribution >= 4 is 23.0 Å². The minimum Gasteiger partial charge on any atom is -0.465 e. The molecule has 2 fully saturated rings. The monoisotopic (exact) mass is 486 g/mol. The molecule has 2 aromatic rings. The van der Waals surface area contributed by atoms with Crippen molar-refractivity contribution in [1.29, 1.82) is 0 Å². The van der Waals surface area contributed by atoms with E-state index in [1.165, 1.54) is 7.11 Å². The lowest BCUT2D eigenvalue weighted by Gasteiger charge is -2.45. The molecule has 2 aliphatic rings. The second kappa shape index (κ2) is 10.5. The Hall–Kier alpha value is -2.65. The van der Waals surface area contributed by atoms with Gasteiger partial charge >= 0.3 is 12.1 Å². The SMILES string of the molecule is COC[C@H]1CN(C2CCC(n3cc4ccc(C(=O)OC)cc4n3)CC2)CCN1C(=O)OC(C)(C)C. The highest BCUT2D eigenvalue weighted by Crippen LogP contribution is 2.33. The van der Waals surface area contributed by atoms with Crippen molar-refractivity contribution in [2.24, 2.45) is 0 Å². The van der Waals surface area contributed by atoms with Crippen molar-refractivity contribution in [3.63, 3.8) is 0 Å². The van der Waals surface area contributed by atoms with Crippen molar-refractivity contribution < 1.29 is 23.8 Å². The second-order valence-electron chi connectivity index (χ2n) is 10.6. The third kappa shape index (κ3) is 5.95. The predicted molar refractivity (Wildman–Crippen MR) is 133 cm³/mol. The van der Waals surface area contributed by atoms with Gasteiger partial charge in [0.1, 0.15) is 5.60 Å². The minimum absolute atomic E-state index is 0.0123. The number of benzene rings is 1. The summed E-state index contributed by atoms with van der Waals surface area (Å²) < 4.78 is 18.0. The van der Waals surface area contributed by atoms with Gasteiger partial charge in [-0.15, -0.1) is 0 Å². The van der Waals surface area contributed by atoms with Crippen LogP contribution in [0.1, 0.15) is 62.9 Å². The molecule has 1 atom stereocenters. The van der Waals surface area contributed by atoms with E-state index in [4.69, 9.17) is 19.3 Å². The fourth-order valence-corrected chi connectivity index (χ4v) is 5.26. The van der Waals surface area contributed by atoms with Gasteiger partial charge in [0, 0.05) is 44.4 Å². The van der Waals surface area contributed by atoms with Crippen LogP contribution in [0.2, 0.25) is 0 Å². The summed E-state index contributed by atoms with van der Waals surface area (Å²) in [7, 11) is 3.07. The molecule has 35 heavy (non-hydrogen) atoms. The molecule has 2 heterocycles. The summed E-state index contributed by atoms with van der Waals surface area (Å²) in [6.07, 6.45) is 6.08. The molecule has 192 valence electrons. The molecule has 4 rings (SSSR count). The smallest absolute Gasteiger partial charge is 0.410 e. The van der Waals surface area contributed by atoms with E-state index in [-0.39, 0.29) is 18.1 Å². The van der Waals surface area contributed by atoms with Crippen LogP contribution in [0.4, 0.5) is 4.79 Å². The van der Waals surface area contributed by atoms with Gasteiger partial charge in [0.05, 0.1) is 36.9 Å². The molecule has 9 nitrogen and oxygen atoms in total. The van der Waals surface area contributed by atoms with E-state index >= 15 is 0 Å². The number of carbonyl (C=O) groups excluding carboxylic acids is 2. The van der Waals surface area contributed by atoms with Crippen LogP contribution in [-0.2, 0) is 14.2 Å². The van der Waals surface area contributed by atoms with Crippen molar-refractivity contribution in [2.45, 2.75) is 70.2 Å². The first-order chi connectivity index (χ1) is 16.7. The molecule has 1 aromatic carbocycles. The topological polar surface area (TPSA) is 86.1 Å². The Morgan fingerprint density at radius 1 is 1.06 bits per heavy atom. The number of carbonyl (C=O) groups is 2. The number of rotatable bonds is 5. The highest BCUT2D eigenvalue weighted by atomic mass is 16.6. The van der Waals surface area contributed by atoms with Gasteiger partial charge in [-0.05, 0) is 58.6 Å². The summed E-state index contributed by atoms with van der Waals surface area (Å²) in [5.74, 6) is -0.347. The standard InChI is InChI=1S/C26H38N4O5/c1-26(2,3)35-25(32)29-13-12-28(16-22(29)17-33-4)20-8-10-21(11-9-20)30-15-19-7-6-18(24(31)34-5)14-23(19)27-30/h6-7,14-15,20-22H,8-13,16-17H2,1-5H3/t20?,21?,22-/m1/s1. The molecule has 0 spiro atoms. The Balaban J connectivity index is 1.36. The van der Waals surface area contributed by atoms with Crippen LogP contribution < -0.4 is 0 Å². The van der Waals surface area contributed by atoms with Crippen molar-refractivity contribution in [1.82, 2.24) is 19.6 Å². The fourth-order valence-electron chi connectivity index (χ4n) is 5.26. The van der Waals surface area contributed by atoms with E-state index < -0.39 is 5.60 Å². The van der Waals surface area contributed by atoms with Crippen LogP contribution in [0, 0.1) is 0 Å². The number of aromatic nitrogens is 2. The third-order valence-electron chi connectivity index (χ3n) is 7.00. The molecule has 1 aromatic heterocycles. The second-order valence-corrected chi connectivity index (χ2v) is 10.6. The van der Waals surface area contributed by atoms with Gasteiger partial charge in [-0.2, -0.15) is 5.10 Å². The molecule has 0 bridgehead atoms. The van der Waals surface area contributed by atoms with Gasteiger partial charge in [0.15, 0.2) is 0 Å². The number of fused-ring (bicyclic) bond motifs is 1. The Morgan fingerprint density at radius 3 is 2.43 bits per heavy atom. The minimum atomic E-state index is -0.512. The van der Waals surface area contributed by atoms with E-state index in [1.54, 1.807) is 19.2 Å². The first-order valence-electron chi connectivity index (χ1n) is 12.5. The fraction of sp³-hybridized carbons (Fsp3) is 0.654. The number of amides is 1. The average molecular weight is 487 g/mol. The van der Waals surface area contributed by atoms with Crippen LogP contribution in [-0.4, -0.2) is 89.8 Å². The van der Waals surface area contributed by atoms with E-state index in [0.29, 0.717) is 30.8 Å². The van der Waals surface area contributed by atoms with Crippen molar-refractivity contribution in [2.75, 3.05) is 40.5 Å². The normalized spacial score (nSPS) is 23.9. The Bertz CT molecular complexity index is 1040. The van der Waals surface area contributed by atoms with Gasteiger partial charge in [0.2, 0.25) is 0 Å². The molecule has 1 amide bonds. The lowest BCUT2D eigenvalue weighted by atomic mass is 9.89. The van der Waals surface area contributed by atoms with E-state index in [0.717, 1.165) is 49.7 Å². The van der Waals surface area contributed by atoms with Gasteiger partial charge in [-0.3, -0.25) is 9.58 Å². The van der Waals surface area contributed by atoms with Crippen LogP contribution in [0.15, 0.2) is 24.4 Å². The third-order valence-corrected chi connectivity index (χ3v) is 7.00. The Kier molecular flexibility index (Phi) is 7.66. The first kappa shape index (κ1) is 25.4. The van der Waals surface area contributed by atoms with Gasteiger partial charge in [-0.25, -0.2) is 9.59 Å². The molecule has 1 saturated carbocycles. The molecule has 9 heteroatoms. The van der Waals surface area contributed by atoms with Crippen molar-refractivity contribution in [3.05, 3.63) is 30.0 Å². The number of methoxy groups -OCH3 is 2. The molecular weight excluding hydrogens is 448 g/mol. The quantitative estimate of drug-likeness (QED) is 0.593. The summed E-state index contributed by atoms with van der Waals surface area (Å²) >= 11 is 0. The molecular formula is C26H38N4O5. The zero-order chi connectivity index (χ0) is 25.2. The number of ether oxygens (including phenoxy) is 3. The largest absolute Gasteiger partial charge is 0.465 e. The van der Waals surface area contributed by atoms with E-state index in [2.05, 4.69) is 15.8 Å². The summed E-state index contributed by atoms with van der Waals surface area (Å²) in [5.41, 5.74) is 0.823. The molecule has 0 unspecified atom stereocenters. The van der Waals surface area contributed by atoms with Gasteiger partial charge < -0.3 is 19.1 Å². The number of hydrogen-bond donors (Lipinski definition) is 0. The highest BCUT2D eigenvalue weighted by molar-refractivity contribution is 5.94. The van der Waals surface area contributed by atoms with Crippen LogP contribution in [0.3, 0.4) is 0 Å². The summed E-state index contributed by atoms with van der Waals surface area (Å²) in [6.45, 7) is 8.47. The number of nitrogens with zero attached hydrogens (tertiary/aromatic N) is 4. The van der Waals surface area contributed by atoms with E-state index in [9.17, 15) is 9.59 Å². The zero-order valence-electron chi connectivity index (χ0n) is 21.5. The number of hydrogen-bond acceptors (Lipinski definition) is 7. The van der Waals surface area contributed by atoms with Gasteiger partial charge in [-0.1, -0.05) is 6.07 Å². The van der Waals surface area contributed by atoms with Crippen LogP contribution >= 0.6 is 0 Å². The Morgan fingerprint density at radius 2 is 1.77 bits per heavy atom. The van der Waals surface area contributed by atoms with Crippen LogP contribution in [0.25, 0.3) is 10.9 Å². The summed E-state index contributed by atoms with van der Waals surface area (Å²) in [4.78, 5) is 28.9. The summed E-state index contributed by atoms with van der Waals surface area (Å²) in [6, 6.07) is 6.33. The highest BCUT2D eigenvalue weighted by Gasteiger charge is 2.37. The van der Waals surface area contributed by atoms with E-state index in [1.807, 2.05) is 31.7 Å². The maximum Gasteiger partial charge on any atom is 0.410 e. The van der Waals surface area contributed by atoms with Crippen LogP contribution in [0.5, 0.6) is 0 Å². The zero-order valence-corrected chi connectivity index (χ0v) is 21.5. The molecule has 1 aliphatic heterocycles. The lowest BCUT2D eigenvalue weighted by molar-refractivity contribution is -0.0270. The predicted octanol–water partition coefficient (Wildman–Crippen LogP) is 3.87. The molecule has 0 N–H and O–H groups in total. The maximum atomic E-state index is 12.7. The Labute approximate surface area is 207 Å². The molecule has 1 aliphatic carbocycles.